The Morgan fingerprint density at radius 2 is 2.26 bits per heavy atom. The maximum absolute atomic E-state index is 12.2. The van der Waals surface area contributed by atoms with Gasteiger partial charge in [0.2, 0.25) is 10.0 Å². The maximum atomic E-state index is 12.2. The number of ether oxygens (including phenoxy) is 1. The Kier molecular flexibility index (Phi) is 4.00. The van der Waals surface area contributed by atoms with E-state index in [0.717, 1.165) is 12.8 Å². The topological polar surface area (TPSA) is 94.6 Å². The van der Waals surface area contributed by atoms with E-state index in [4.69, 9.17) is 14.9 Å². The van der Waals surface area contributed by atoms with E-state index in [0.29, 0.717) is 18.1 Å². The standard InChI is InChI=1S/C12H20N2O4S/c1-9-11(6-10(7-13)18-9)19(15,16)14-8-12(2)4-3-5-17-12/h6,14H,3-5,7-8,13H2,1-2H3. The summed E-state index contributed by atoms with van der Waals surface area (Å²) in [4.78, 5) is 0.148. The molecule has 2 heterocycles. The first kappa shape index (κ1) is 14.5. The van der Waals surface area contributed by atoms with Crippen LogP contribution in [0.15, 0.2) is 15.4 Å². The van der Waals surface area contributed by atoms with Crippen molar-refractivity contribution in [3.05, 3.63) is 17.6 Å². The molecule has 1 aliphatic heterocycles. The SMILES string of the molecule is Cc1oc(CN)cc1S(=O)(=O)NCC1(C)CCCO1. The molecule has 0 spiro atoms. The third-order valence-electron chi connectivity index (χ3n) is 3.35. The number of hydrogen-bond acceptors (Lipinski definition) is 5. The Bertz CT molecular complexity index is 544. The van der Waals surface area contributed by atoms with E-state index in [1.54, 1.807) is 6.92 Å². The van der Waals surface area contributed by atoms with Crippen molar-refractivity contribution >= 4 is 10.0 Å². The summed E-state index contributed by atoms with van der Waals surface area (Å²) in [5.41, 5.74) is 5.03. The lowest BCUT2D eigenvalue weighted by Crippen LogP contribution is -2.40. The quantitative estimate of drug-likeness (QED) is 0.839. The predicted molar refractivity (Wildman–Crippen MR) is 70.1 cm³/mol. The van der Waals surface area contributed by atoms with Crippen molar-refractivity contribution in [3.63, 3.8) is 0 Å². The van der Waals surface area contributed by atoms with E-state index in [1.165, 1.54) is 6.07 Å². The Labute approximate surface area is 113 Å². The molecule has 2 rings (SSSR count). The van der Waals surface area contributed by atoms with Gasteiger partial charge in [0.15, 0.2) is 0 Å². The van der Waals surface area contributed by atoms with E-state index in [9.17, 15) is 8.42 Å². The fourth-order valence-corrected chi connectivity index (χ4v) is 3.55. The molecule has 108 valence electrons. The highest BCUT2D eigenvalue weighted by Gasteiger charge is 2.32. The highest BCUT2D eigenvalue weighted by molar-refractivity contribution is 7.89. The molecule has 1 saturated heterocycles. The van der Waals surface area contributed by atoms with Crippen LogP contribution < -0.4 is 10.5 Å². The molecule has 0 saturated carbocycles. The van der Waals surface area contributed by atoms with Gasteiger partial charge in [-0.25, -0.2) is 13.1 Å². The van der Waals surface area contributed by atoms with Gasteiger partial charge in [0.05, 0.1) is 12.1 Å². The third-order valence-corrected chi connectivity index (χ3v) is 4.86. The number of nitrogens with two attached hydrogens (primary N) is 1. The summed E-state index contributed by atoms with van der Waals surface area (Å²) >= 11 is 0. The van der Waals surface area contributed by atoms with Gasteiger partial charge >= 0.3 is 0 Å². The van der Waals surface area contributed by atoms with E-state index in [1.807, 2.05) is 6.92 Å². The van der Waals surface area contributed by atoms with Gasteiger partial charge in [0.25, 0.3) is 0 Å². The van der Waals surface area contributed by atoms with Crippen molar-refractivity contribution in [2.45, 2.75) is 43.7 Å². The Balaban J connectivity index is 2.11. The van der Waals surface area contributed by atoms with Crippen LogP contribution in [0, 0.1) is 6.92 Å². The van der Waals surface area contributed by atoms with Gasteiger partial charge in [-0.15, -0.1) is 0 Å². The predicted octanol–water partition coefficient (Wildman–Crippen LogP) is 0.894. The van der Waals surface area contributed by atoms with Crippen molar-refractivity contribution < 1.29 is 17.6 Å². The van der Waals surface area contributed by atoms with Crippen LogP contribution in [0.5, 0.6) is 0 Å². The zero-order valence-electron chi connectivity index (χ0n) is 11.2. The molecule has 6 nitrogen and oxygen atoms in total. The smallest absolute Gasteiger partial charge is 0.244 e. The minimum Gasteiger partial charge on any atom is -0.464 e. The summed E-state index contributed by atoms with van der Waals surface area (Å²) in [6.07, 6.45) is 1.81. The Morgan fingerprint density at radius 3 is 2.79 bits per heavy atom. The molecule has 0 aromatic carbocycles. The maximum Gasteiger partial charge on any atom is 0.244 e. The molecular weight excluding hydrogens is 268 g/mol. The molecule has 0 radical (unpaired) electrons. The molecule has 0 amide bonds. The minimum atomic E-state index is -3.59. The molecule has 1 atom stereocenters. The Morgan fingerprint density at radius 1 is 1.53 bits per heavy atom. The summed E-state index contributed by atoms with van der Waals surface area (Å²) in [6.45, 7) is 4.65. The molecule has 1 unspecified atom stereocenters. The number of hydrogen-bond donors (Lipinski definition) is 2. The highest BCUT2D eigenvalue weighted by atomic mass is 32.2. The lowest BCUT2D eigenvalue weighted by Gasteiger charge is -2.23. The van der Waals surface area contributed by atoms with E-state index in [-0.39, 0.29) is 18.0 Å². The number of furan rings is 1. The van der Waals surface area contributed by atoms with Gasteiger partial charge in [-0.1, -0.05) is 0 Å². The summed E-state index contributed by atoms with van der Waals surface area (Å²) < 4.78 is 37.8. The summed E-state index contributed by atoms with van der Waals surface area (Å²) in [7, 11) is -3.59. The number of sulfonamides is 1. The van der Waals surface area contributed by atoms with Crippen LogP contribution in [0.3, 0.4) is 0 Å². The van der Waals surface area contributed by atoms with Gasteiger partial charge in [-0.2, -0.15) is 0 Å². The van der Waals surface area contributed by atoms with Crippen LogP contribution in [-0.2, 0) is 21.3 Å². The molecule has 7 heteroatoms. The molecule has 19 heavy (non-hydrogen) atoms. The van der Waals surface area contributed by atoms with Gasteiger partial charge in [-0.3, -0.25) is 0 Å². The third kappa shape index (κ3) is 3.17. The molecular formula is C12H20N2O4S. The molecule has 1 aromatic heterocycles. The zero-order chi connectivity index (χ0) is 14.1. The number of nitrogens with one attached hydrogen (secondary N) is 1. The van der Waals surface area contributed by atoms with Crippen molar-refractivity contribution in [3.8, 4) is 0 Å². The fraction of sp³-hybridized carbons (Fsp3) is 0.667. The van der Waals surface area contributed by atoms with Crippen LogP contribution in [0.4, 0.5) is 0 Å². The normalized spacial score (nSPS) is 23.9. The van der Waals surface area contributed by atoms with E-state index in [2.05, 4.69) is 4.72 Å². The molecule has 0 bridgehead atoms. The minimum absolute atomic E-state index is 0.148. The average Bonchev–Trinajstić information content (AvgIpc) is 2.94. The molecule has 1 fully saturated rings. The molecule has 1 aromatic rings. The molecule has 0 aliphatic carbocycles. The van der Waals surface area contributed by atoms with Crippen LogP contribution in [0.2, 0.25) is 0 Å². The van der Waals surface area contributed by atoms with Crippen LogP contribution in [0.1, 0.15) is 31.3 Å². The lowest BCUT2D eigenvalue weighted by atomic mass is 10.0. The van der Waals surface area contributed by atoms with Gasteiger partial charge < -0.3 is 14.9 Å². The highest BCUT2D eigenvalue weighted by Crippen LogP contribution is 2.25. The van der Waals surface area contributed by atoms with Crippen molar-refractivity contribution in [1.82, 2.24) is 4.72 Å². The van der Waals surface area contributed by atoms with Crippen molar-refractivity contribution in [2.75, 3.05) is 13.2 Å². The van der Waals surface area contributed by atoms with E-state index < -0.39 is 15.6 Å². The summed E-state index contributed by atoms with van der Waals surface area (Å²) in [5, 5.41) is 0. The largest absolute Gasteiger partial charge is 0.464 e. The fourth-order valence-electron chi connectivity index (χ4n) is 2.19. The number of rotatable bonds is 5. The number of aryl methyl sites for hydroxylation is 1. The van der Waals surface area contributed by atoms with Crippen molar-refractivity contribution in [1.29, 1.82) is 0 Å². The second kappa shape index (κ2) is 5.24. The first-order valence-electron chi connectivity index (χ1n) is 6.29. The average molecular weight is 288 g/mol. The summed E-state index contributed by atoms with van der Waals surface area (Å²) in [6, 6.07) is 1.47. The first-order chi connectivity index (χ1) is 8.86. The van der Waals surface area contributed by atoms with Gasteiger partial charge in [0, 0.05) is 19.2 Å². The van der Waals surface area contributed by atoms with Crippen LogP contribution in [0.25, 0.3) is 0 Å². The second-order valence-corrected chi connectivity index (χ2v) is 6.80. The van der Waals surface area contributed by atoms with Crippen LogP contribution >= 0.6 is 0 Å². The zero-order valence-corrected chi connectivity index (χ0v) is 12.0. The van der Waals surface area contributed by atoms with Gasteiger partial charge in [0.1, 0.15) is 16.4 Å². The monoisotopic (exact) mass is 288 g/mol. The van der Waals surface area contributed by atoms with Gasteiger partial charge in [-0.05, 0) is 26.7 Å². The van der Waals surface area contributed by atoms with Crippen LogP contribution in [-0.4, -0.2) is 27.2 Å². The molecule has 1 aliphatic rings. The van der Waals surface area contributed by atoms with Crippen molar-refractivity contribution in [2.24, 2.45) is 5.73 Å². The van der Waals surface area contributed by atoms with E-state index >= 15 is 0 Å². The molecule has 3 N–H and O–H groups in total. The Hall–Kier alpha value is -0.890. The first-order valence-corrected chi connectivity index (χ1v) is 7.78. The lowest BCUT2D eigenvalue weighted by molar-refractivity contribution is 0.0250. The summed E-state index contributed by atoms with van der Waals surface area (Å²) in [5.74, 6) is 0.812. The second-order valence-electron chi connectivity index (χ2n) is 5.06.